The number of allylic oxidation sites excluding steroid dienone is 1. The van der Waals surface area contributed by atoms with Crippen molar-refractivity contribution in [2.75, 3.05) is 7.05 Å². The molecular formula is C12H21NO. The maximum Gasteiger partial charge on any atom is 0.230 e. The molecule has 80 valence electrons. The fourth-order valence-electron chi connectivity index (χ4n) is 1.82. The van der Waals surface area contributed by atoms with Crippen LogP contribution >= 0.6 is 0 Å². The van der Waals surface area contributed by atoms with Gasteiger partial charge in [-0.3, -0.25) is 4.79 Å². The van der Waals surface area contributed by atoms with Gasteiger partial charge in [0.05, 0.1) is 0 Å². The van der Waals surface area contributed by atoms with E-state index in [0.29, 0.717) is 6.42 Å². The molecule has 14 heavy (non-hydrogen) atoms. The van der Waals surface area contributed by atoms with Crippen LogP contribution in [0.2, 0.25) is 0 Å². The fourth-order valence-corrected chi connectivity index (χ4v) is 1.82. The quantitative estimate of drug-likeness (QED) is 0.596. The largest absolute Gasteiger partial charge is 0.319 e. The molecule has 0 fully saturated rings. The number of carbonyl (C=O) groups is 1. The second-order valence-electron chi connectivity index (χ2n) is 4.02. The molecule has 0 saturated heterocycles. The highest BCUT2D eigenvalue weighted by atomic mass is 16.2. The summed E-state index contributed by atoms with van der Waals surface area (Å²) in [5.74, 6) is 0.244. The Balaban J connectivity index is 2.10. The summed E-state index contributed by atoms with van der Waals surface area (Å²) in [6.45, 7) is 2.23. The van der Waals surface area contributed by atoms with Crippen molar-refractivity contribution in [3.8, 4) is 0 Å². The van der Waals surface area contributed by atoms with E-state index >= 15 is 0 Å². The molecule has 1 heterocycles. The number of hydrogen-bond donors (Lipinski definition) is 0. The van der Waals surface area contributed by atoms with Gasteiger partial charge in [0.1, 0.15) is 0 Å². The Hall–Kier alpha value is -0.790. The zero-order valence-corrected chi connectivity index (χ0v) is 9.38. The second kappa shape index (κ2) is 5.84. The molecule has 0 radical (unpaired) electrons. The van der Waals surface area contributed by atoms with E-state index in [0.717, 1.165) is 6.42 Å². The Morgan fingerprint density at radius 1 is 1.29 bits per heavy atom. The van der Waals surface area contributed by atoms with Gasteiger partial charge in [0.15, 0.2) is 0 Å². The van der Waals surface area contributed by atoms with Crippen molar-refractivity contribution in [1.29, 1.82) is 0 Å². The normalized spacial score (nSPS) is 16.3. The lowest BCUT2D eigenvalue weighted by molar-refractivity contribution is -0.126. The first kappa shape index (κ1) is 11.3. The summed E-state index contributed by atoms with van der Waals surface area (Å²) in [7, 11) is 1.88. The van der Waals surface area contributed by atoms with E-state index in [4.69, 9.17) is 0 Å². The van der Waals surface area contributed by atoms with Crippen LogP contribution in [0.25, 0.3) is 0 Å². The van der Waals surface area contributed by atoms with Gasteiger partial charge in [-0.2, -0.15) is 0 Å². The number of nitrogens with zero attached hydrogens (tertiary/aromatic N) is 1. The predicted molar refractivity (Wildman–Crippen MR) is 58.8 cm³/mol. The first-order valence-electron chi connectivity index (χ1n) is 5.71. The van der Waals surface area contributed by atoms with E-state index in [-0.39, 0.29) is 5.91 Å². The van der Waals surface area contributed by atoms with Gasteiger partial charge >= 0.3 is 0 Å². The first-order chi connectivity index (χ1) is 6.75. The molecular weight excluding hydrogens is 174 g/mol. The minimum atomic E-state index is 0.244. The molecule has 1 aliphatic heterocycles. The Morgan fingerprint density at radius 2 is 2.00 bits per heavy atom. The van der Waals surface area contributed by atoms with Gasteiger partial charge in [0, 0.05) is 19.2 Å². The summed E-state index contributed by atoms with van der Waals surface area (Å²) in [6, 6.07) is 0. The number of rotatable bonds is 6. The number of carbonyl (C=O) groups excluding carboxylic acids is 1. The third kappa shape index (κ3) is 3.17. The minimum Gasteiger partial charge on any atom is -0.319 e. The molecule has 0 unspecified atom stereocenters. The van der Waals surface area contributed by atoms with Crippen LogP contribution in [-0.2, 0) is 4.79 Å². The topological polar surface area (TPSA) is 20.3 Å². The zero-order chi connectivity index (χ0) is 10.4. The summed E-state index contributed by atoms with van der Waals surface area (Å²) in [5, 5.41) is 0. The maximum absolute atomic E-state index is 11.2. The highest BCUT2D eigenvalue weighted by Gasteiger charge is 2.17. The Bertz CT molecular complexity index is 220. The average Bonchev–Trinajstić information content (AvgIpc) is 2.49. The Morgan fingerprint density at radius 3 is 2.57 bits per heavy atom. The molecule has 0 aromatic heterocycles. The van der Waals surface area contributed by atoms with Crippen LogP contribution in [0.3, 0.4) is 0 Å². The lowest BCUT2D eigenvalue weighted by Crippen LogP contribution is -2.19. The lowest BCUT2D eigenvalue weighted by Gasteiger charge is -2.13. The van der Waals surface area contributed by atoms with E-state index < -0.39 is 0 Å². The van der Waals surface area contributed by atoms with Crippen LogP contribution < -0.4 is 0 Å². The Labute approximate surface area is 87.0 Å². The van der Waals surface area contributed by atoms with Gasteiger partial charge in [-0.1, -0.05) is 38.7 Å². The molecule has 2 heteroatoms. The third-order valence-electron chi connectivity index (χ3n) is 2.85. The summed E-state index contributed by atoms with van der Waals surface area (Å²) in [5.41, 5.74) is 1.23. The summed E-state index contributed by atoms with van der Waals surface area (Å²) < 4.78 is 0. The monoisotopic (exact) mass is 195 g/mol. The van der Waals surface area contributed by atoms with Crippen molar-refractivity contribution in [2.45, 2.75) is 51.9 Å². The second-order valence-corrected chi connectivity index (χ2v) is 4.02. The van der Waals surface area contributed by atoms with E-state index in [1.807, 2.05) is 7.05 Å². The van der Waals surface area contributed by atoms with Crippen LogP contribution in [-0.4, -0.2) is 17.9 Å². The number of amides is 1. The Kier molecular flexibility index (Phi) is 4.71. The molecule has 0 aliphatic carbocycles. The maximum atomic E-state index is 11.2. The first-order valence-corrected chi connectivity index (χ1v) is 5.71. The molecule has 0 N–H and O–H groups in total. The van der Waals surface area contributed by atoms with Crippen molar-refractivity contribution in [3.05, 3.63) is 11.8 Å². The highest BCUT2D eigenvalue weighted by Crippen LogP contribution is 2.20. The fraction of sp³-hybridized carbons (Fsp3) is 0.750. The molecule has 0 saturated carbocycles. The van der Waals surface area contributed by atoms with Crippen molar-refractivity contribution < 1.29 is 4.79 Å². The number of unbranched alkanes of at least 4 members (excludes halogenated alkanes) is 4. The molecule has 0 aromatic rings. The van der Waals surface area contributed by atoms with Crippen molar-refractivity contribution in [2.24, 2.45) is 0 Å². The molecule has 1 amide bonds. The van der Waals surface area contributed by atoms with E-state index in [1.54, 1.807) is 4.90 Å². The van der Waals surface area contributed by atoms with Crippen LogP contribution in [0.4, 0.5) is 0 Å². The minimum absolute atomic E-state index is 0.244. The molecule has 0 bridgehead atoms. The van der Waals surface area contributed by atoms with E-state index in [2.05, 4.69) is 13.0 Å². The van der Waals surface area contributed by atoms with Gasteiger partial charge in [0.2, 0.25) is 5.91 Å². The summed E-state index contributed by atoms with van der Waals surface area (Å²) in [6.07, 6.45) is 10.3. The summed E-state index contributed by atoms with van der Waals surface area (Å²) in [4.78, 5) is 13.0. The highest BCUT2D eigenvalue weighted by molar-refractivity contribution is 5.82. The smallest absolute Gasteiger partial charge is 0.230 e. The van der Waals surface area contributed by atoms with Crippen LogP contribution in [0.1, 0.15) is 51.9 Å². The van der Waals surface area contributed by atoms with E-state index in [9.17, 15) is 4.79 Å². The molecule has 0 spiro atoms. The van der Waals surface area contributed by atoms with Crippen molar-refractivity contribution >= 4 is 5.91 Å². The third-order valence-corrected chi connectivity index (χ3v) is 2.85. The molecule has 2 nitrogen and oxygen atoms in total. The van der Waals surface area contributed by atoms with Crippen molar-refractivity contribution in [3.63, 3.8) is 0 Å². The van der Waals surface area contributed by atoms with Gasteiger partial charge in [-0.05, 0) is 12.8 Å². The molecule has 0 atom stereocenters. The molecule has 1 rings (SSSR count). The van der Waals surface area contributed by atoms with Gasteiger partial charge < -0.3 is 4.90 Å². The average molecular weight is 195 g/mol. The van der Waals surface area contributed by atoms with E-state index in [1.165, 1.54) is 37.8 Å². The van der Waals surface area contributed by atoms with Crippen LogP contribution in [0, 0.1) is 0 Å². The molecule has 0 aromatic carbocycles. The van der Waals surface area contributed by atoms with Gasteiger partial charge in [-0.25, -0.2) is 0 Å². The van der Waals surface area contributed by atoms with Crippen molar-refractivity contribution in [1.82, 2.24) is 4.90 Å². The SMILES string of the molecule is CCCCCCCC1=CCC(=O)N1C. The standard InChI is InChI=1S/C12H21NO/c1-3-4-5-6-7-8-11-9-10-12(14)13(11)2/h9H,3-8,10H2,1-2H3. The predicted octanol–water partition coefficient (Wildman–Crippen LogP) is 3.09. The molecule has 1 aliphatic rings. The van der Waals surface area contributed by atoms with Crippen LogP contribution in [0.5, 0.6) is 0 Å². The zero-order valence-electron chi connectivity index (χ0n) is 9.38. The number of hydrogen-bond acceptors (Lipinski definition) is 1. The van der Waals surface area contributed by atoms with Gasteiger partial charge in [-0.15, -0.1) is 0 Å². The van der Waals surface area contributed by atoms with Crippen LogP contribution in [0.15, 0.2) is 11.8 Å². The summed E-state index contributed by atoms with van der Waals surface area (Å²) >= 11 is 0. The lowest BCUT2D eigenvalue weighted by atomic mass is 10.1. The van der Waals surface area contributed by atoms with Gasteiger partial charge in [0.25, 0.3) is 0 Å².